The van der Waals surface area contributed by atoms with E-state index in [1.54, 1.807) is 30.5 Å². The van der Waals surface area contributed by atoms with Crippen LogP contribution in [-0.2, 0) is 0 Å². The van der Waals surface area contributed by atoms with Gasteiger partial charge < -0.3 is 5.32 Å². The van der Waals surface area contributed by atoms with Gasteiger partial charge in [-0.15, -0.1) is 0 Å². The summed E-state index contributed by atoms with van der Waals surface area (Å²) in [6.07, 6.45) is 1.70. The highest BCUT2D eigenvalue weighted by atomic mass is 16.1. The molecule has 0 radical (unpaired) electrons. The predicted octanol–water partition coefficient (Wildman–Crippen LogP) is 3.47. The number of amides is 1. The second-order valence-corrected chi connectivity index (χ2v) is 5.26. The summed E-state index contributed by atoms with van der Waals surface area (Å²) in [5.74, 6) is -0.244. The molecule has 0 fully saturated rings. The van der Waals surface area contributed by atoms with E-state index in [9.17, 15) is 4.79 Å². The van der Waals surface area contributed by atoms with Crippen LogP contribution in [0.1, 0.15) is 33.2 Å². The van der Waals surface area contributed by atoms with Crippen LogP contribution in [0.5, 0.6) is 0 Å². The zero-order valence-corrected chi connectivity index (χ0v) is 12.9. The summed E-state index contributed by atoms with van der Waals surface area (Å²) in [7, 11) is 0. The predicted molar refractivity (Wildman–Crippen MR) is 91.1 cm³/mol. The fourth-order valence-corrected chi connectivity index (χ4v) is 2.46. The first kappa shape index (κ1) is 15.4. The van der Waals surface area contributed by atoms with E-state index >= 15 is 0 Å². The van der Waals surface area contributed by atoms with Gasteiger partial charge in [0.1, 0.15) is 0 Å². The van der Waals surface area contributed by atoms with Crippen molar-refractivity contribution in [2.24, 2.45) is 0 Å². The monoisotopic (exact) mass is 313 g/mol. The Labute approximate surface area is 140 Å². The van der Waals surface area contributed by atoms with E-state index in [4.69, 9.17) is 5.26 Å². The van der Waals surface area contributed by atoms with Crippen molar-refractivity contribution in [2.75, 3.05) is 0 Å². The maximum atomic E-state index is 12.6. The lowest BCUT2D eigenvalue weighted by molar-refractivity contribution is 0.0942. The minimum Gasteiger partial charge on any atom is -0.340 e. The first-order chi connectivity index (χ1) is 11.8. The molecule has 1 N–H and O–H groups in total. The number of nitrogens with zero attached hydrogens (tertiary/aromatic N) is 2. The molecule has 4 heteroatoms. The third-order valence-electron chi connectivity index (χ3n) is 3.65. The van der Waals surface area contributed by atoms with Gasteiger partial charge in [0.05, 0.1) is 23.4 Å². The number of carbonyl (C=O) groups excluding carboxylic acids is 1. The van der Waals surface area contributed by atoms with Crippen molar-refractivity contribution in [3.05, 3.63) is 101 Å². The Morgan fingerprint density at radius 1 is 1.00 bits per heavy atom. The number of rotatable bonds is 4. The first-order valence-electron chi connectivity index (χ1n) is 7.55. The largest absolute Gasteiger partial charge is 0.340 e. The molecule has 1 atom stereocenters. The molecular weight excluding hydrogens is 298 g/mol. The Morgan fingerprint density at radius 3 is 2.50 bits per heavy atom. The molecule has 0 saturated heterocycles. The zero-order chi connectivity index (χ0) is 16.8. The smallest absolute Gasteiger partial charge is 0.252 e. The maximum absolute atomic E-state index is 12.6. The highest BCUT2D eigenvalue weighted by Crippen LogP contribution is 2.20. The molecule has 0 bridgehead atoms. The van der Waals surface area contributed by atoms with Crippen LogP contribution in [0.15, 0.2) is 79.0 Å². The van der Waals surface area contributed by atoms with Gasteiger partial charge in [0, 0.05) is 11.8 Å². The minimum absolute atomic E-state index is 0.244. The molecule has 0 aliphatic heterocycles. The first-order valence-corrected chi connectivity index (χ1v) is 7.55. The molecule has 116 valence electrons. The normalized spacial score (nSPS) is 11.3. The SMILES string of the molecule is N#Cc1cccc(C(=O)N[C@@H](c2ccccc2)c2ccccn2)c1. The van der Waals surface area contributed by atoms with Crippen LogP contribution in [0.3, 0.4) is 0 Å². The number of carbonyl (C=O) groups is 1. The molecule has 0 spiro atoms. The van der Waals surface area contributed by atoms with E-state index in [1.807, 2.05) is 54.6 Å². The lowest BCUT2D eigenvalue weighted by Gasteiger charge is -2.19. The van der Waals surface area contributed by atoms with Crippen LogP contribution in [0, 0.1) is 11.3 Å². The number of nitrogens with one attached hydrogen (secondary N) is 1. The van der Waals surface area contributed by atoms with Crippen molar-refractivity contribution in [2.45, 2.75) is 6.04 Å². The Hall–Kier alpha value is -3.45. The van der Waals surface area contributed by atoms with Crippen molar-refractivity contribution >= 4 is 5.91 Å². The summed E-state index contributed by atoms with van der Waals surface area (Å²) in [6, 6.07) is 23.6. The van der Waals surface area contributed by atoms with Gasteiger partial charge in [0.15, 0.2) is 0 Å². The molecular formula is C20H15N3O. The lowest BCUT2D eigenvalue weighted by atomic mass is 10.0. The highest BCUT2D eigenvalue weighted by molar-refractivity contribution is 5.95. The molecule has 1 heterocycles. The van der Waals surface area contributed by atoms with Crippen molar-refractivity contribution in [1.82, 2.24) is 10.3 Å². The van der Waals surface area contributed by atoms with Crippen LogP contribution in [0.4, 0.5) is 0 Å². The van der Waals surface area contributed by atoms with Crippen LogP contribution in [0.2, 0.25) is 0 Å². The van der Waals surface area contributed by atoms with Gasteiger partial charge in [-0.1, -0.05) is 42.5 Å². The number of hydrogen-bond donors (Lipinski definition) is 1. The standard InChI is InChI=1S/C20H15N3O/c21-14-15-7-6-10-17(13-15)20(24)23-19(16-8-2-1-3-9-16)18-11-4-5-12-22-18/h1-13,19H,(H,23,24)/t19-/m0/s1. The summed E-state index contributed by atoms with van der Waals surface area (Å²) in [6.45, 7) is 0. The van der Waals surface area contributed by atoms with Crippen molar-refractivity contribution in [1.29, 1.82) is 5.26 Å². The number of benzene rings is 2. The average Bonchev–Trinajstić information content (AvgIpc) is 2.67. The van der Waals surface area contributed by atoms with Gasteiger partial charge in [0.25, 0.3) is 5.91 Å². The van der Waals surface area contributed by atoms with Crippen molar-refractivity contribution < 1.29 is 4.79 Å². The van der Waals surface area contributed by atoms with Gasteiger partial charge >= 0.3 is 0 Å². The summed E-state index contributed by atoms with van der Waals surface area (Å²) in [4.78, 5) is 17.0. The minimum atomic E-state index is -0.356. The molecule has 3 aromatic rings. The Morgan fingerprint density at radius 2 is 1.79 bits per heavy atom. The second kappa shape index (κ2) is 7.21. The molecule has 0 aliphatic carbocycles. The fourth-order valence-electron chi connectivity index (χ4n) is 2.46. The number of nitriles is 1. The molecule has 1 aromatic heterocycles. The van der Waals surface area contributed by atoms with Crippen molar-refractivity contribution in [3.63, 3.8) is 0 Å². The van der Waals surface area contributed by atoms with Gasteiger partial charge in [-0.25, -0.2) is 0 Å². The molecule has 0 unspecified atom stereocenters. The quantitative estimate of drug-likeness (QED) is 0.802. The van der Waals surface area contributed by atoms with Gasteiger partial charge in [-0.3, -0.25) is 9.78 Å². The topological polar surface area (TPSA) is 65.8 Å². The van der Waals surface area contributed by atoms with Crippen LogP contribution < -0.4 is 5.32 Å². The highest BCUT2D eigenvalue weighted by Gasteiger charge is 2.18. The van der Waals surface area contributed by atoms with E-state index in [0.29, 0.717) is 11.1 Å². The van der Waals surface area contributed by atoms with E-state index < -0.39 is 0 Å². The zero-order valence-electron chi connectivity index (χ0n) is 12.9. The van der Waals surface area contributed by atoms with Gasteiger partial charge in [0.2, 0.25) is 0 Å². The fraction of sp³-hybridized carbons (Fsp3) is 0.0500. The van der Waals surface area contributed by atoms with Gasteiger partial charge in [-0.05, 0) is 35.9 Å². The van der Waals surface area contributed by atoms with E-state index in [2.05, 4.69) is 10.3 Å². The molecule has 2 aromatic carbocycles. The second-order valence-electron chi connectivity index (χ2n) is 5.26. The van der Waals surface area contributed by atoms with Gasteiger partial charge in [-0.2, -0.15) is 5.26 Å². The van der Waals surface area contributed by atoms with Crippen LogP contribution in [0.25, 0.3) is 0 Å². The van der Waals surface area contributed by atoms with Crippen LogP contribution >= 0.6 is 0 Å². The van der Waals surface area contributed by atoms with E-state index in [1.165, 1.54) is 0 Å². The molecule has 3 rings (SSSR count). The summed E-state index contributed by atoms with van der Waals surface area (Å²) >= 11 is 0. The number of hydrogen-bond acceptors (Lipinski definition) is 3. The summed E-state index contributed by atoms with van der Waals surface area (Å²) in [5.41, 5.74) is 2.61. The number of pyridine rings is 1. The Kier molecular flexibility index (Phi) is 4.64. The van der Waals surface area contributed by atoms with Crippen LogP contribution in [-0.4, -0.2) is 10.9 Å². The summed E-state index contributed by atoms with van der Waals surface area (Å²) < 4.78 is 0. The average molecular weight is 313 g/mol. The molecule has 4 nitrogen and oxygen atoms in total. The number of aromatic nitrogens is 1. The lowest BCUT2D eigenvalue weighted by Crippen LogP contribution is -2.29. The maximum Gasteiger partial charge on any atom is 0.252 e. The Bertz CT molecular complexity index is 831. The third-order valence-corrected chi connectivity index (χ3v) is 3.65. The van der Waals surface area contributed by atoms with Crippen molar-refractivity contribution in [3.8, 4) is 6.07 Å². The summed E-state index contributed by atoms with van der Waals surface area (Å²) in [5, 5.41) is 12.0. The van der Waals surface area contributed by atoms with E-state index in [-0.39, 0.29) is 11.9 Å². The third kappa shape index (κ3) is 3.47. The van der Waals surface area contributed by atoms with E-state index in [0.717, 1.165) is 11.3 Å². The Balaban J connectivity index is 1.92. The molecule has 24 heavy (non-hydrogen) atoms. The molecule has 1 amide bonds. The molecule has 0 saturated carbocycles. The molecule has 0 aliphatic rings.